The van der Waals surface area contributed by atoms with E-state index in [0.717, 1.165) is 11.4 Å². The Hall–Kier alpha value is -1.06. The third-order valence-electron chi connectivity index (χ3n) is 2.85. The molecule has 17 heavy (non-hydrogen) atoms. The van der Waals surface area contributed by atoms with Gasteiger partial charge >= 0.3 is 0 Å². The quantitative estimate of drug-likeness (QED) is 0.875. The van der Waals surface area contributed by atoms with E-state index >= 15 is 0 Å². The molecule has 2 atom stereocenters. The van der Waals surface area contributed by atoms with Crippen LogP contribution in [0.5, 0.6) is 0 Å². The smallest absolute Gasteiger partial charge is 0.246 e. The van der Waals surface area contributed by atoms with Gasteiger partial charge in [-0.3, -0.25) is 4.79 Å². The molecule has 1 saturated carbocycles. The maximum atomic E-state index is 11.4. The molecule has 0 radical (unpaired) electrons. The first-order valence-electron chi connectivity index (χ1n) is 5.83. The largest absolute Gasteiger partial charge is 0.372 e. The number of hydrogen-bond donors (Lipinski definition) is 1. The highest BCUT2D eigenvalue weighted by Crippen LogP contribution is 2.41. The fourth-order valence-electron chi connectivity index (χ4n) is 1.90. The molecule has 0 unspecified atom stereocenters. The number of carbonyl (C=O) groups excluding carboxylic acids is 1. The van der Waals surface area contributed by atoms with Crippen LogP contribution < -0.4 is 5.32 Å². The van der Waals surface area contributed by atoms with E-state index in [1.54, 1.807) is 0 Å². The molecule has 1 aliphatic rings. The zero-order valence-electron chi connectivity index (χ0n) is 9.78. The lowest BCUT2D eigenvalue weighted by Crippen LogP contribution is -2.30. The number of nitrogens with one attached hydrogen (secondary N) is 1. The minimum absolute atomic E-state index is 0.0404. The second kappa shape index (κ2) is 5.52. The summed E-state index contributed by atoms with van der Waals surface area (Å²) in [6.07, 6.45) is 0.984. The third kappa shape index (κ3) is 3.45. The Bertz CT molecular complexity index is 408. The van der Waals surface area contributed by atoms with E-state index in [1.165, 1.54) is 5.56 Å². The number of amides is 1. The minimum Gasteiger partial charge on any atom is -0.372 e. The summed E-state index contributed by atoms with van der Waals surface area (Å²) in [6.45, 7) is 2.59. The van der Waals surface area contributed by atoms with E-state index in [-0.39, 0.29) is 18.6 Å². The topological polar surface area (TPSA) is 38.3 Å². The van der Waals surface area contributed by atoms with Crippen molar-refractivity contribution >= 4 is 17.5 Å². The van der Waals surface area contributed by atoms with Gasteiger partial charge in [-0.2, -0.15) is 0 Å². The van der Waals surface area contributed by atoms with Crippen LogP contribution in [0, 0.1) is 0 Å². The average Bonchev–Trinajstić information content (AvgIpc) is 3.05. The molecular formula is C13H16ClNO2. The minimum atomic E-state index is -0.0404. The standard InChI is InChI=1S/C13H16ClNO2/c1-2-17-8-13(16)15-12-7-11(12)9-4-3-5-10(14)6-9/h3-6,11-12H,2,7-8H2,1H3,(H,15,16)/t11-,12-/m0/s1. The fourth-order valence-corrected chi connectivity index (χ4v) is 2.10. The van der Waals surface area contributed by atoms with Crippen molar-refractivity contribution in [2.75, 3.05) is 13.2 Å². The van der Waals surface area contributed by atoms with E-state index < -0.39 is 0 Å². The molecule has 0 bridgehead atoms. The zero-order chi connectivity index (χ0) is 12.3. The molecule has 1 fully saturated rings. The maximum absolute atomic E-state index is 11.4. The van der Waals surface area contributed by atoms with Gasteiger partial charge in [-0.25, -0.2) is 0 Å². The van der Waals surface area contributed by atoms with Gasteiger partial charge in [0, 0.05) is 23.6 Å². The van der Waals surface area contributed by atoms with Crippen LogP contribution in [0.1, 0.15) is 24.8 Å². The van der Waals surface area contributed by atoms with E-state index in [4.69, 9.17) is 16.3 Å². The van der Waals surface area contributed by atoms with Crippen molar-refractivity contribution < 1.29 is 9.53 Å². The summed E-state index contributed by atoms with van der Waals surface area (Å²) in [5, 5.41) is 3.69. The lowest BCUT2D eigenvalue weighted by Gasteiger charge is -2.05. The molecule has 4 heteroatoms. The van der Waals surface area contributed by atoms with E-state index in [9.17, 15) is 4.79 Å². The molecule has 1 aliphatic carbocycles. The van der Waals surface area contributed by atoms with Crippen LogP contribution in [-0.4, -0.2) is 25.2 Å². The van der Waals surface area contributed by atoms with Gasteiger partial charge in [0.15, 0.2) is 0 Å². The second-order valence-electron chi connectivity index (χ2n) is 4.21. The van der Waals surface area contributed by atoms with Gasteiger partial charge in [-0.1, -0.05) is 23.7 Å². The Kier molecular flexibility index (Phi) is 4.02. The number of benzene rings is 1. The highest BCUT2D eigenvalue weighted by Gasteiger charge is 2.39. The van der Waals surface area contributed by atoms with Gasteiger partial charge < -0.3 is 10.1 Å². The van der Waals surface area contributed by atoms with Crippen LogP contribution in [-0.2, 0) is 9.53 Å². The van der Waals surface area contributed by atoms with Crippen molar-refractivity contribution in [2.45, 2.75) is 25.3 Å². The first-order valence-corrected chi connectivity index (χ1v) is 6.21. The van der Waals surface area contributed by atoms with Gasteiger partial charge in [0.2, 0.25) is 5.91 Å². The van der Waals surface area contributed by atoms with E-state index in [0.29, 0.717) is 12.5 Å². The molecular weight excluding hydrogens is 238 g/mol. The van der Waals surface area contributed by atoms with Crippen molar-refractivity contribution in [3.05, 3.63) is 34.9 Å². The van der Waals surface area contributed by atoms with Gasteiger partial charge in [0.25, 0.3) is 0 Å². The molecule has 0 aromatic heterocycles. The molecule has 1 aromatic carbocycles. The van der Waals surface area contributed by atoms with Crippen LogP contribution in [0.15, 0.2) is 24.3 Å². The van der Waals surface area contributed by atoms with Crippen molar-refractivity contribution in [3.8, 4) is 0 Å². The highest BCUT2D eigenvalue weighted by molar-refractivity contribution is 6.30. The lowest BCUT2D eigenvalue weighted by molar-refractivity contribution is -0.125. The van der Waals surface area contributed by atoms with Crippen molar-refractivity contribution in [2.24, 2.45) is 0 Å². The number of ether oxygens (including phenoxy) is 1. The predicted octanol–water partition coefficient (Wildman–Crippen LogP) is 2.35. The highest BCUT2D eigenvalue weighted by atomic mass is 35.5. The zero-order valence-corrected chi connectivity index (χ0v) is 10.5. The molecule has 0 spiro atoms. The Morgan fingerprint density at radius 2 is 2.41 bits per heavy atom. The molecule has 1 N–H and O–H groups in total. The Labute approximate surface area is 106 Å². The van der Waals surface area contributed by atoms with Crippen molar-refractivity contribution in [3.63, 3.8) is 0 Å². The molecule has 2 rings (SSSR count). The summed E-state index contributed by atoms with van der Waals surface area (Å²) in [4.78, 5) is 11.4. The molecule has 92 valence electrons. The average molecular weight is 254 g/mol. The Balaban J connectivity index is 1.82. The summed E-state index contributed by atoms with van der Waals surface area (Å²) < 4.78 is 5.05. The first-order chi connectivity index (χ1) is 8.20. The fraction of sp³-hybridized carbons (Fsp3) is 0.462. The van der Waals surface area contributed by atoms with Gasteiger partial charge in [0.05, 0.1) is 0 Å². The number of carbonyl (C=O) groups is 1. The van der Waals surface area contributed by atoms with Crippen molar-refractivity contribution in [1.82, 2.24) is 5.32 Å². The van der Waals surface area contributed by atoms with Gasteiger partial charge in [0.1, 0.15) is 6.61 Å². The Morgan fingerprint density at radius 1 is 1.59 bits per heavy atom. The molecule has 0 aliphatic heterocycles. The first kappa shape index (κ1) is 12.4. The van der Waals surface area contributed by atoms with Gasteiger partial charge in [-0.05, 0) is 31.0 Å². The summed E-state index contributed by atoms with van der Waals surface area (Å²) in [7, 11) is 0. The summed E-state index contributed by atoms with van der Waals surface area (Å²) in [5.74, 6) is 0.362. The molecule has 3 nitrogen and oxygen atoms in total. The number of hydrogen-bond acceptors (Lipinski definition) is 2. The van der Waals surface area contributed by atoms with Crippen molar-refractivity contribution in [1.29, 1.82) is 0 Å². The van der Waals surface area contributed by atoms with Crippen LogP contribution in [0.2, 0.25) is 5.02 Å². The monoisotopic (exact) mass is 253 g/mol. The predicted molar refractivity (Wildman–Crippen MR) is 67.2 cm³/mol. The summed E-state index contributed by atoms with van der Waals surface area (Å²) >= 11 is 5.93. The van der Waals surface area contributed by atoms with Crippen LogP contribution in [0.3, 0.4) is 0 Å². The lowest BCUT2D eigenvalue weighted by atomic mass is 10.1. The van der Waals surface area contributed by atoms with E-state index in [2.05, 4.69) is 5.32 Å². The Morgan fingerprint density at radius 3 is 3.12 bits per heavy atom. The third-order valence-corrected chi connectivity index (χ3v) is 3.09. The summed E-state index contributed by atoms with van der Waals surface area (Å²) in [5.41, 5.74) is 1.19. The molecule has 0 heterocycles. The normalized spacial score (nSPS) is 22.2. The van der Waals surface area contributed by atoms with Crippen LogP contribution in [0.25, 0.3) is 0 Å². The van der Waals surface area contributed by atoms with Crippen LogP contribution >= 0.6 is 11.6 Å². The molecule has 1 aromatic rings. The SMILES string of the molecule is CCOCC(=O)N[C@H]1C[C@H]1c1cccc(Cl)c1. The van der Waals surface area contributed by atoms with E-state index in [1.807, 2.05) is 31.2 Å². The van der Waals surface area contributed by atoms with Crippen LogP contribution in [0.4, 0.5) is 0 Å². The van der Waals surface area contributed by atoms with Gasteiger partial charge in [-0.15, -0.1) is 0 Å². The number of halogens is 1. The maximum Gasteiger partial charge on any atom is 0.246 e. The molecule has 0 saturated heterocycles. The summed E-state index contributed by atoms with van der Waals surface area (Å²) in [6, 6.07) is 8.04. The molecule has 1 amide bonds. The number of rotatable bonds is 5. The second-order valence-corrected chi connectivity index (χ2v) is 4.64.